The van der Waals surface area contributed by atoms with Crippen molar-refractivity contribution in [3.63, 3.8) is 0 Å². The summed E-state index contributed by atoms with van der Waals surface area (Å²) in [6, 6.07) is 8.56. The number of pyridine rings is 1. The first kappa shape index (κ1) is 21.7. The van der Waals surface area contributed by atoms with Gasteiger partial charge in [-0.3, -0.25) is 4.72 Å². The average Bonchev–Trinajstić information content (AvgIpc) is 2.79. The van der Waals surface area contributed by atoms with Gasteiger partial charge >= 0.3 is 11.6 Å². The van der Waals surface area contributed by atoms with Crippen molar-refractivity contribution in [2.45, 2.75) is 20.3 Å². The maximum atomic E-state index is 14.9. The van der Waals surface area contributed by atoms with E-state index in [4.69, 9.17) is 9.15 Å². The molecule has 4 rings (SSSR count). The molecule has 1 aromatic carbocycles. The predicted molar refractivity (Wildman–Crippen MR) is 121 cm³/mol. The van der Waals surface area contributed by atoms with Gasteiger partial charge in [-0.2, -0.15) is 0 Å². The molecule has 0 unspecified atom stereocenters. The number of aryl methyl sites for hydroxylation is 1. The molecule has 3 aromatic heterocycles. The minimum atomic E-state index is -0.532. The third-order valence-corrected chi connectivity index (χ3v) is 5.44. The van der Waals surface area contributed by atoms with E-state index < -0.39 is 11.4 Å². The van der Waals surface area contributed by atoms with Crippen molar-refractivity contribution in [3.8, 4) is 11.8 Å². The van der Waals surface area contributed by atoms with Crippen LogP contribution >= 0.6 is 12.1 Å². The van der Waals surface area contributed by atoms with Crippen molar-refractivity contribution < 1.29 is 13.5 Å². The first-order valence-corrected chi connectivity index (χ1v) is 10.7. The second-order valence-electron chi connectivity index (χ2n) is 6.80. The molecule has 8 nitrogen and oxygen atoms in total. The van der Waals surface area contributed by atoms with Gasteiger partial charge in [-0.25, -0.2) is 28.9 Å². The summed E-state index contributed by atoms with van der Waals surface area (Å²) in [4.78, 5) is 24.8. The second kappa shape index (κ2) is 9.75. The molecule has 0 aliphatic heterocycles. The molecule has 0 spiro atoms. The number of anilines is 1. The van der Waals surface area contributed by atoms with Crippen molar-refractivity contribution in [1.82, 2.24) is 19.7 Å². The van der Waals surface area contributed by atoms with E-state index in [-0.39, 0.29) is 18.2 Å². The molecule has 10 heteroatoms. The van der Waals surface area contributed by atoms with Gasteiger partial charge in [0.1, 0.15) is 11.3 Å². The quantitative estimate of drug-likeness (QED) is 0.228. The van der Waals surface area contributed by atoms with E-state index in [9.17, 15) is 9.18 Å². The highest BCUT2D eigenvalue weighted by atomic mass is 32.2. The van der Waals surface area contributed by atoms with E-state index >= 15 is 0 Å². The van der Waals surface area contributed by atoms with Gasteiger partial charge in [-0.1, -0.05) is 6.92 Å². The zero-order valence-corrected chi connectivity index (χ0v) is 18.2. The molecule has 3 heterocycles. The maximum absolute atomic E-state index is 14.9. The number of ether oxygens (including phenoxy) is 1. The minimum absolute atomic E-state index is 0.0785. The van der Waals surface area contributed by atoms with Gasteiger partial charge in [-0.15, -0.1) is 0 Å². The van der Waals surface area contributed by atoms with Crippen LogP contribution < -0.4 is 19.8 Å². The zero-order chi connectivity index (χ0) is 22.5. The summed E-state index contributed by atoms with van der Waals surface area (Å²) in [5.41, 5.74) is 1.27. The molecule has 0 saturated heterocycles. The Morgan fingerprint density at radius 2 is 1.97 bits per heavy atom. The second-order valence-corrected chi connectivity index (χ2v) is 7.49. The van der Waals surface area contributed by atoms with E-state index in [0.717, 1.165) is 17.5 Å². The van der Waals surface area contributed by atoms with Crippen molar-refractivity contribution in [2.24, 2.45) is 0 Å². The Balaban J connectivity index is 1.63. The number of hydrogen-bond donors (Lipinski definition) is 2. The lowest BCUT2D eigenvalue weighted by atomic mass is 10.00. The van der Waals surface area contributed by atoms with Crippen LogP contribution in [0.3, 0.4) is 0 Å². The van der Waals surface area contributed by atoms with Gasteiger partial charge in [0.05, 0.1) is 0 Å². The molecule has 164 valence electrons. The summed E-state index contributed by atoms with van der Waals surface area (Å²) in [6.45, 7) is 4.46. The fourth-order valence-electron chi connectivity index (χ4n) is 3.12. The Morgan fingerprint density at radius 1 is 1.16 bits per heavy atom. The maximum Gasteiger partial charge on any atom is 0.340 e. The Labute approximate surface area is 187 Å². The molecule has 4 aromatic rings. The largest absolute Gasteiger partial charge is 0.424 e. The number of nitrogens with zero attached hydrogens (tertiary/aromatic N) is 3. The third-order valence-electron chi connectivity index (χ3n) is 4.71. The monoisotopic (exact) mass is 453 g/mol. The lowest BCUT2D eigenvalue weighted by Gasteiger charge is -2.11. The highest BCUT2D eigenvalue weighted by molar-refractivity contribution is 7.98. The molecule has 0 aliphatic rings. The van der Waals surface area contributed by atoms with Crippen LogP contribution in [0.5, 0.6) is 11.8 Å². The Bertz CT molecular complexity index is 1300. The Kier molecular flexibility index (Phi) is 6.62. The smallest absolute Gasteiger partial charge is 0.340 e. The number of aromatic nitrogens is 3. The molecule has 0 fully saturated rings. The van der Waals surface area contributed by atoms with Crippen LogP contribution in [-0.2, 0) is 6.42 Å². The molecule has 0 bridgehead atoms. The predicted octanol–water partition coefficient (Wildman–Crippen LogP) is 4.39. The third kappa shape index (κ3) is 4.71. The fourth-order valence-corrected chi connectivity index (χ4v) is 3.58. The van der Waals surface area contributed by atoms with Crippen LogP contribution in [0, 0.1) is 12.7 Å². The average molecular weight is 453 g/mol. The van der Waals surface area contributed by atoms with Crippen LogP contribution in [0.15, 0.2) is 58.1 Å². The molecule has 0 saturated carbocycles. The molecule has 0 amide bonds. The molecule has 0 radical (unpaired) electrons. The summed E-state index contributed by atoms with van der Waals surface area (Å²) in [6.07, 6.45) is 4.71. The molecule has 32 heavy (non-hydrogen) atoms. The zero-order valence-electron chi connectivity index (χ0n) is 17.4. The standard InChI is InChI=1S/C22H20FN5O3S/c1-3-27-32-28-20-19(23)14(7-10-24-20)11-17-13(2)16-6-5-15(12-18(16)31-21(17)29)30-22-25-8-4-9-26-22/h4-10,12,27H,3,11H2,1-2H3,(H,24,28). The van der Waals surface area contributed by atoms with E-state index in [1.54, 1.807) is 42.7 Å². The number of benzene rings is 1. The van der Waals surface area contributed by atoms with Crippen LogP contribution in [0.25, 0.3) is 11.0 Å². The summed E-state index contributed by atoms with van der Waals surface area (Å²) < 4.78 is 31.8. The number of rotatable bonds is 8. The normalized spacial score (nSPS) is 11.0. The summed E-state index contributed by atoms with van der Waals surface area (Å²) >= 11 is 1.14. The summed E-state index contributed by atoms with van der Waals surface area (Å²) in [5.74, 6) is 0.0256. The first-order chi connectivity index (χ1) is 15.6. The molecule has 0 atom stereocenters. The van der Waals surface area contributed by atoms with Crippen LogP contribution in [0.1, 0.15) is 23.6 Å². The van der Waals surface area contributed by atoms with E-state index in [2.05, 4.69) is 24.4 Å². The summed E-state index contributed by atoms with van der Waals surface area (Å²) in [5, 5.41) is 0.733. The van der Waals surface area contributed by atoms with E-state index in [1.807, 2.05) is 13.8 Å². The van der Waals surface area contributed by atoms with Gasteiger partial charge in [0.25, 0.3) is 0 Å². The SMILES string of the molecule is CCNSNc1nccc(Cc2c(C)c3ccc(Oc4ncccn4)cc3oc2=O)c1F. The summed E-state index contributed by atoms with van der Waals surface area (Å²) in [7, 11) is 0. The number of fused-ring (bicyclic) bond motifs is 1. The Morgan fingerprint density at radius 3 is 2.75 bits per heavy atom. The number of nitrogens with one attached hydrogen (secondary N) is 2. The van der Waals surface area contributed by atoms with Gasteiger partial charge in [0.15, 0.2) is 11.6 Å². The van der Waals surface area contributed by atoms with Crippen LogP contribution in [-0.4, -0.2) is 21.5 Å². The van der Waals surface area contributed by atoms with Crippen molar-refractivity contribution in [2.75, 3.05) is 11.3 Å². The van der Waals surface area contributed by atoms with Crippen LogP contribution in [0.2, 0.25) is 0 Å². The van der Waals surface area contributed by atoms with Gasteiger partial charge < -0.3 is 9.15 Å². The lowest BCUT2D eigenvalue weighted by Crippen LogP contribution is -2.13. The molecular formula is C22H20FN5O3S. The lowest BCUT2D eigenvalue weighted by molar-refractivity contribution is 0.440. The van der Waals surface area contributed by atoms with Crippen molar-refractivity contribution in [1.29, 1.82) is 0 Å². The highest BCUT2D eigenvalue weighted by Gasteiger charge is 2.17. The van der Waals surface area contributed by atoms with Gasteiger partial charge in [-0.05, 0) is 42.3 Å². The van der Waals surface area contributed by atoms with E-state index in [0.29, 0.717) is 34.6 Å². The fraction of sp³-hybridized carbons (Fsp3) is 0.182. The van der Waals surface area contributed by atoms with E-state index in [1.165, 1.54) is 6.20 Å². The molecule has 0 aliphatic carbocycles. The van der Waals surface area contributed by atoms with Crippen molar-refractivity contribution >= 4 is 28.9 Å². The Hall–Kier alpha value is -3.50. The van der Waals surface area contributed by atoms with Gasteiger partial charge in [0.2, 0.25) is 0 Å². The first-order valence-electron chi connectivity index (χ1n) is 9.86. The van der Waals surface area contributed by atoms with Crippen LogP contribution in [0.4, 0.5) is 10.2 Å². The van der Waals surface area contributed by atoms with Gasteiger partial charge in [0, 0.05) is 60.7 Å². The topological polar surface area (TPSA) is 102 Å². The highest BCUT2D eigenvalue weighted by Crippen LogP contribution is 2.28. The molecular weight excluding hydrogens is 433 g/mol. The van der Waals surface area contributed by atoms with Crippen molar-refractivity contribution in [3.05, 3.63) is 81.9 Å². The minimum Gasteiger partial charge on any atom is -0.424 e. The molecule has 2 N–H and O–H groups in total. The number of hydrogen-bond acceptors (Lipinski definition) is 9. The number of halogens is 1.